The molecular weight excluding hydrogens is 180 g/mol. The largest absolute Gasteiger partial charge is 0.0788 e. The van der Waals surface area contributed by atoms with E-state index >= 15 is 0 Å². The number of rotatable bonds is 0. The molecule has 3 rings (SSSR count). The van der Waals surface area contributed by atoms with Gasteiger partial charge in [-0.3, -0.25) is 0 Å². The minimum Gasteiger partial charge on any atom is -0.0788 e. The van der Waals surface area contributed by atoms with Gasteiger partial charge in [-0.05, 0) is 61.2 Å². The summed E-state index contributed by atoms with van der Waals surface area (Å²) in [6.45, 7) is 9.89. The van der Waals surface area contributed by atoms with Gasteiger partial charge in [0.15, 0.2) is 0 Å². The van der Waals surface area contributed by atoms with Crippen LogP contribution in [0.25, 0.3) is 0 Å². The van der Waals surface area contributed by atoms with Gasteiger partial charge in [0.25, 0.3) is 0 Å². The summed E-state index contributed by atoms with van der Waals surface area (Å²) in [6, 6.07) is 0. The topological polar surface area (TPSA) is 0 Å². The highest BCUT2D eigenvalue weighted by Crippen LogP contribution is 2.73. The van der Waals surface area contributed by atoms with E-state index in [-0.39, 0.29) is 0 Å². The molecule has 0 radical (unpaired) electrons. The van der Waals surface area contributed by atoms with Crippen LogP contribution in [0.1, 0.15) is 53.4 Å². The molecule has 2 fully saturated rings. The van der Waals surface area contributed by atoms with Crippen LogP contribution in [0.3, 0.4) is 0 Å². The normalized spacial score (nSPS) is 57.9. The molecule has 0 amide bonds. The first kappa shape index (κ1) is 9.93. The second-order valence-electron chi connectivity index (χ2n) is 6.73. The van der Waals surface area contributed by atoms with Crippen LogP contribution in [0.2, 0.25) is 0 Å². The molecule has 3 aliphatic carbocycles. The highest BCUT2D eigenvalue weighted by atomic mass is 14.7. The predicted octanol–water partition coefficient (Wildman–Crippen LogP) is 4.42. The van der Waals surface area contributed by atoms with Gasteiger partial charge in [0.2, 0.25) is 0 Å². The maximum Gasteiger partial charge on any atom is -0.00790 e. The van der Waals surface area contributed by atoms with E-state index in [4.69, 9.17) is 0 Å². The first-order chi connectivity index (χ1) is 7.01. The van der Waals surface area contributed by atoms with Gasteiger partial charge in [0.05, 0.1) is 0 Å². The highest BCUT2D eigenvalue weighted by Gasteiger charge is 2.65. The molecule has 15 heavy (non-hydrogen) atoms. The molecule has 0 aromatic carbocycles. The van der Waals surface area contributed by atoms with Gasteiger partial charge < -0.3 is 0 Å². The Bertz CT molecular complexity index is 327. The standard InChI is InChI=1S/C15H24/c1-10-5-8-15-12(3)11(2)9-14(15,4)7-6-13(10)15/h9-10,12-13H,5-8H2,1-4H3/t10-,12+,13+,14+,15+/m1/s1. The summed E-state index contributed by atoms with van der Waals surface area (Å²) in [7, 11) is 0. The molecule has 0 bridgehead atoms. The second kappa shape index (κ2) is 2.70. The molecule has 0 nitrogen and oxygen atoms in total. The quantitative estimate of drug-likeness (QED) is 0.513. The Morgan fingerprint density at radius 2 is 1.93 bits per heavy atom. The fraction of sp³-hybridized carbons (Fsp3) is 0.867. The van der Waals surface area contributed by atoms with Crippen LogP contribution in [0, 0.1) is 28.6 Å². The second-order valence-corrected chi connectivity index (χ2v) is 6.73. The molecule has 0 heteroatoms. The summed E-state index contributed by atoms with van der Waals surface area (Å²) < 4.78 is 0. The van der Waals surface area contributed by atoms with Gasteiger partial charge in [-0.1, -0.05) is 32.4 Å². The summed E-state index contributed by atoms with van der Waals surface area (Å²) in [5.74, 6) is 2.85. The van der Waals surface area contributed by atoms with Gasteiger partial charge in [0.1, 0.15) is 0 Å². The van der Waals surface area contributed by atoms with Crippen LogP contribution < -0.4 is 0 Å². The van der Waals surface area contributed by atoms with Crippen LogP contribution in [-0.2, 0) is 0 Å². The van der Waals surface area contributed by atoms with E-state index in [9.17, 15) is 0 Å². The van der Waals surface area contributed by atoms with E-state index < -0.39 is 0 Å². The zero-order valence-electron chi connectivity index (χ0n) is 10.6. The summed E-state index contributed by atoms with van der Waals surface area (Å²) in [5, 5.41) is 0. The average Bonchev–Trinajstić information content (AvgIpc) is 2.70. The summed E-state index contributed by atoms with van der Waals surface area (Å²) in [4.78, 5) is 0. The Balaban J connectivity index is 2.11. The van der Waals surface area contributed by atoms with Crippen molar-refractivity contribution in [2.45, 2.75) is 53.4 Å². The molecule has 0 unspecified atom stereocenters. The Hall–Kier alpha value is -0.260. The SMILES string of the molecule is CC1=C[C@]2(C)CC[C@H]3[C@H](C)CC[C@]32[C@H]1C. The lowest BCUT2D eigenvalue weighted by Gasteiger charge is -2.42. The van der Waals surface area contributed by atoms with E-state index in [0.29, 0.717) is 10.8 Å². The minimum atomic E-state index is 0.548. The van der Waals surface area contributed by atoms with Gasteiger partial charge in [-0.2, -0.15) is 0 Å². The van der Waals surface area contributed by atoms with Crippen LogP contribution in [-0.4, -0.2) is 0 Å². The maximum atomic E-state index is 2.63. The molecule has 0 aromatic heterocycles. The number of hydrogen-bond acceptors (Lipinski definition) is 0. The first-order valence-corrected chi connectivity index (χ1v) is 6.71. The van der Waals surface area contributed by atoms with Crippen LogP contribution >= 0.6 is 0 Å². The lowest BCUT2D eigenvalue weighted by molar-refractivity contribution is 0.0733. The summed E-state index contributed by atoms with van der Waals surface area (Å²) >= 11 is 0. The number of allylic oxidation sites excluding steroid dienone is 2. The maximum absolute atomic E-state index is 2.63. The lowest BCUT2D eigenvalue weighted by Crippen LogP contribution is -2.37. The highest BCUT2D eigenvalue weighted by molar-refractivity contribution is 5.31. The predicted molar refractivity (Wildman–Crippen MR) is 64.6 cm³/mol. The fourth-order valence-electron chi connectivity index (χ4n) is 5.57. The van der Waals surface area contributed by atoms with Gasteiger partial charge in [-0.15, -0.1) is 0 Å². The minimum absolute atomic E-state index is 0.548. The van der Waals surface area contributed by atoms with Crippen molar-refractivity contribution in [2.75, 3.05) is 0 Å². The molecule has 0 saturated heterocycles. The van der Waals surface area contributed by atoms with Crippen LogP contribution in [0.15, 0.2) is 11.6 Å². The van der Waals surface area contributed by atoms with Crippen LogP contribution in [0.5, 0.6) is 0 Å². The van der Waals surface area contributed by atoms with Crippen molar-refractivity contribution < 1.29 is 0 Å². The van der Waals surface area contributed by atoms with Crippen molar-refractivity contribution in [1.29, 1.82) is 0 Å². The lowest BCUT2D eigenvalue weighted by atomic mass is 9.61. The third-order valence-electron chi connectivity index (χ3n) is 6.40. The molecule has 3 aliphatic rings. The van der Waals surface area contributed by atoms with E-state index in [1.165, 1.54) is 25.7 Å². The first-order valence-electron chi connectivity index (χ1n) is 6.71. The fourth-order valence-corrected chi connectivity index (χ4v) is 5.57. The van der Waals surface area contributed by atoms with E-state index in [1.54, 1.807) is 5.57 Å². The molecule has 2 saturated carbocycles. The Kier molecular flexibility index (Phi) is 1.79. The smallest absolute Gasteiger partial charge is 0.00790 e. The molecule has 5 atom stereocenters. The average molecular weight is 204 g/mol. The molecule has 1 spiro atoms. The molecule has 0 aliphatic heterocycles. The van der Waals surface area contributed by atoms with Gasteiger partial charge in [0, 0.05) is 0 Å². The number of hydrogen-bond donors (Lipinski definition) is 0. The van der Waals surface area contributed by atoms with Gasteiger partial charge >= 0.3 is 0 Å². The molecular formula is C15H24. The van der Waals surface area contributed by atoms with E-state index in [1.807, 2.05) is 0 Å². The Morgan fingerprint density at radius 3 is 2.67 bits per heavy atom. The Labute approximate surface area is 94.1 Å². The summed E-state index contributed by atoms with van der Waals surface area (Å²) in [6.07, 6.45) is 8.54. The summed E-state index contributed by atoms with van der Waals surface area (Å²) in [5.41, 5.74) is 2.89. The zero-order valence-corrected chi connectivity index (χ0v) is 10.6. The zero-order chi connectivity index (χ0) is 10.8. The Morgan fingerprint density at radius 1 is 1.20 bits per heavy atom. The molecule has 84 valence electrons. The van der Waals surface area contributed by atoms with E-state index in [0.717, 1.165) is 17.8 Å². The molecule has 0 heterocycles. The van der Waals surface area contributed by atoms with Crippen molar-refractivity contribution >= 4 is 0 Å². The van der Waals surface area contributed by atoms with Crippen molar-refractivity contribution in [2.24, 2.45) is 28.6 Å². The van der Waals surface area contributed by atoms with Crippen molar-refractivity contribution in [3.05, 3.63) is 11.6 Å². The van der Waals surface area contributed by atoms with Gasteiger partial charge in [-0.25, -0.2) is 0 Å². The third-order valence-corrected chi connectivity index (χ3v) is 6.40. The van der Waals surface area contributed by atoms with Crippen molar-refractivity contribution in [3.8, 4) is 0 Å². The molecule has 0 aromatic rings. The van der Waals surface area contributed by atoms with Crippen molar-refractivity contribution in [3.63, 3.8) is 0 Å². The van der Waals surface area contributed by atoms with Crippen molar-refractivity contribution in [1.82, 2.24) is 0 Å². The molecule has 0 N–H and O–H groups in total. The monoisotopic (exact) mass is 204 g/mol. The third kappa shape index (κ3) is 0.905. The van der Waals surface area contributed by atoms with E-state index in [2.05, 4.69) is 33.8 Å². The van der Waals surface area contributed by atoms with Crippen LogP contribution in [0.4, 0.5) is 0 Å².